The van der Waals surface area contributed by atoms with Crippen molar-refractivity contribution in [3.05, 3.63) is 29.8 Å². The van der Waals surface area contributed by atoms with Crippen LogP contribution in [0.25, 0.3) is 0 Å². The second-order valence-electron chi connectivity index (χ2n) is 5.32. The quantitative estimate of drug-likeness (QED) is 0.899. The summed E-state index contributed by atoms with van der Waals surface area (Å²) in [5.74, 6) is -2.31. The molecule has 1 saturated heterocycles. The van der Waals surface area contributed by atoms with E-state index in [2.05, 4.69) is 5.32 Å². The summed E-state index contributed by atoms with van der Waals surface area (Å²) in [6, 6.07) is 6.78. The van der Waals surface area contributed by atoms with Gasteiger partial charge in [-0.15, -0.1) is 0 Å². The minimum Gasteiger partial charge on any atom is -0.496 e. The highest BCUT2D eigenvalue weighted by molar-refractivity contribution is 5.82. The standard InChI is InChI=1S/C15H20F2N2O2/c1-19(14(20)12-9-15(16,17)10-18-12)8-7-11-5-3-4-6-13(11)21-2/h3-6,12,18H,7-10H2,1-2H3. The Labute approximate surface area is 123 Å². The Morgan fingerprint density at radius 3 is 2.81 bits per heavy atom. The van der Waals surface area contributed by atoms with Crippen LogP contribution in [0.15, 0.2) is 24.3 Å². The highest BCUT2D eigenvalue weighted by atomic mass is 19.3. The third-order valence-corrected chi connectivity index (χ3v) is 3.69. The van der Waals surface area contributed by atoms with Gasteiger partial charge in [0.2, 0.25) is 5.91 Å². The van der Waals surface area contributed by atoms with E-state index in [-0.39, 0.29) is 5.91 Å². The summed E-state index contributed by atoms with van der Waals surface area (Å²) in [6.45, 7) is 0.0344. The van der Waals surface area contributed by atoms with E-state index in [1.165, 1.54) is 4.90 Å². The van der Waals surface area contributed by atoms with Crippen molar-refractivity contribution in [3.8, 4) is 5.75 Å². The molecule has 116 valence electrons. The van der Waals surface area contributed by atoms with Crippen molar-refractivity contribution in [3.63, 3.8) is 0 Å². The van der Waals surface area contributed by atoms with E-state index >= 15 is 0 Å². The molecule has 1 aromatic carbocycles. The maximum absolute atomic E-state index is 13.1. The molecular formula is C15H20F2N2O2. The molecule has 0 radical (unpaired) electrons. The molecule has 1 fully saturated rings. The van der Waals surface area contributed by atoms with Crippen LogP contribution >= 0.6 is 0 Å². The van der Waals surface area contributed by atoms with E-state index in [9.17, 15) is 13.6 Å². The molecule has 0 saturated carbocycles. The van der Waals surface area contributed by atoms with E-state index < -0.39 is 24.9 Å². The summed E-state index contributed by atoms with van der Waals surface area (Å²) < 4.78 is 31.5. The van der Waals surface area contributed by atoms with Crippen LogP contribution in [0.2, 0.25) is 0 Å². The largest absolute Gasteiger partial charge is 0.496 e. The first-order valence-electron chi connectivity index (χ1n) is 6.91. The molecule has 1 amide bonds. The Morgan fingerprint density at radius 1 is 1.48 bits per heavy atom. The number of methoxy groups -OCH3 is 1. The molecule has 1 atom stereocenters. The summed E-state index contributed by atoms with van der Waals surface area (Å²) >= 11 is 0. The second-order valence-corrected chi connectivity index (χ2v) is 5.32. The first-order valence-corrected chi connectivity index (χ1v) is 6.91. The highest BCUT2D eigenvalue weighted by Crippen LogP contribution is 2.26. The van der Waals surface area contributed by atoms with Gasteiger partial charge in [0.25, 0.3) is 5.92 Å². The number of para-hydroxylation sites is 1. The maximum atomic E-state index is 13.1. The number of nitrogens with one attached hydrogen (secondary N) is 1. The van der Waals surface area contributed by atoms with Gasteiger partial charge in [-0.3, -0.25) is 10.1 Å². The van der Waals surface area contributed by atoms with E-state index in [1.54, 1.807) is 14.2 Å². The molecule has 1 aliphatic heterocycles. The number of nitrogens with zero attached hydrogens (tertiary/aromatic N) is 1. The second kappa shape index (κ2) is 6.39. The van der Waals surface area contributed by atoms with Crippen LogP contribution in [0, 0.1) is 0 Å². The monoisotopic (exact) mass is 298 g/mol. The number of likely N-dealkylation sites (N-methyl/N-ethyl adjacent to an activating group) is 1. The van der Waals surface area contributed by atoms with Crippen LogP contribution in [0.1, 0.15) is 12.0 Å². The van der Waals surface area contributed by atoms with Crippen molar-refractivity contribution in [2.24, 2.45) is 0 Å². The molecular weight excluding hydrogens is 278 g/mol. The van der Waals surface area contributed by atoms with Crippen molar-refractivity contribution in [1.29, 1.82) is 0 Å². The molecule has 1 N–H and O–H groups in total. The zero-order valence-corrected chi connectivity index (χ0v) is 12.2. The number of carbonyl (C=O) groups excluding carboxylic acids is 1. The van der Waals surface area contributed by atoms with Crippen LogP contribution in [0.4, 0.5) is 8.78 Å². The first-order chi connectivity index (χ1) is 9.93. The average Bonchev–Trinajstić information content (AvgIpc) is 2.84. The number of amides is 1. The van der Waals surface area contributed by atoms with Crippen molar-refractivity contribution in [1.82, 2.24) is 10.2 Å². The fraction of sp³-hybridized carbons (Fsp3) is 0.533. The molecule has 6 heteroatoms. The van der Waals surface area contributed by atoms with Crippen LogP contribution in [0.3, 0.4) is 0 Å². The van der Waals surface area contributed by atoms with Gasteiger partial charge in [-0.25, -0.2) is 8.78 Å². The summed E-state index contributed by atoms with van der Waals surface area (Å²) in [5, 5.41) is 2.58. The number of halogens is 2. The molecule has 1 aliphatic rings. The zero-order valence-electron chi connectivity index (χ0n) is 12.2. The summed E-state index contributed by atoms with van der Waals surface area (Å²) in [6.07, 6.45) is 0.195. The smallest absolute Gasteiger partial charge is 0.262 e. The maximum Gasteiger partial charge on any atom is 0.262 e. The predicted molar refractivity (Wildman–Crippen MR) is 75.7 cm³/mol. The predicted octanol–water partition coefficient (Wildman–Crippen LogP) is 1.69. The van der Waals surface area contributed by atoms with Gasteiger partial charge in [0.05, 0.1) is 19.7 Å². The summed E-state index contributed by atoms with van der Waals surface area (Å²) in [7, 11) is 3.23. The Bertz CT molecular complexity index is 508. The van der Waals surface area contributed by atoms with Crippen LogP contribution < -0.4 is 10.1 Å². The molecule has 1 heterocycles. The number of ether oxygens (including phenoxy) is 1. The lowest BCUT2D eigenvalue weighted by molar-refractivity contribution is -0.132. The van der Waals surface area contributed by atoms with Crippen molar-refractivity contribution >= 4 is 5.91 Å². The lowest BCUT2D eigenvalue weighted by Crippen LogP contribution is -2.42. The van der Waals surface area contributed by atoms with E-state index in [0.29, 0.717) is 13.0 Å². The molecule has 0 aliphatic carbocycles. The van der Waals surface area contributed by atoms with Crippen LogP contribution in [-0.4, -0.2) is 50.0 Å². The number of carbonyl (C=O) groups is 1. The minimum absolute atomic E-state index is 0.290. The number of rotatable bonds is 5. The molecule has 4 nitrogen and oxygen atoms in total. The zero-order chi connectivity index (χ0) is 15.5. The average molecular weight is 298 g/mol. The van der Waals surface area contributed by atoms with E-state index in [4.69, 9.17) is 4.74 Å². The lowest BCUT2D eigenvalue weighted by Gasteiger charge is -2.21. The van der Waals surface area contributed by atoms with Crippen molar-refractivity contribution < 1.29 is 18.3 Å². The molecule has 0 aromatic heterocycles. The fourth-order valence-electron chi connectivity index (χ4n) is 2.46. The van der Waals surface area contributed by atoms with Gasteiger partial charge in [-0.05, 0) is 18.1 Å². The Hall–Kier alpha value is -1.69. The fourth-order valence-corrected chi connectivity index (χ4v) is 2.46. The van der Waals surface area contributed by atoms with Crippen LogP contribution in [-0.2, 0) is 11.2 Å². The van der Waals surface area contributed by atoms with Gasteiger partial charge in [0.15, 0.2) is 0 Å². The first kappa shape index (κ1) is 15.7. The van der Waals surface area contributed by atoms with Gasteiger partial charge < -0.3 is 9.64 Å². The van der Waals surface area contributed by atoms with Gasteiger partial charge in [0.1, 0.15) is 5.75 Å². The number of benzene rings is 1. The van der Waals surface area contributed by atoms with Gasteiger partial charge >= 0.3 is 0 Å². The number of hydrogen-bond donors (Lipinski definition) is 1. The van der Waals surface area contributed by atoms with E-state index in [1.807, 2.05) is 24.3 Å². The van der Waals surface area contributed by atoms with Crippen LogP contribution in [0.5, 0.6) is 5.75 Å². The van der Waals surface area contributed by atoms with Gasteiger partial charge in [-0.1, -0.05) is 18.2 Å². The number of hydrogen-bond acceptors (Lipinski definition) is 3. The topological polar surface area (TPSA) is 41.6 Å². The lowest BCUT2D eigenvalue weighted by atomic mass is 10.1. The SMILES string of the molecule is COc1ccccc1CCN(C)C(=O)C1CC(F)(F)CN1. The van der Waals surface area contributed by atoms with Crippen molar-refractivity contribution in [2.75, 3.05) is 27.2 Å². The molecule has 21 heavy (non-hydrogen) atoms. The molecule has 2 rings (SSSR count). The Balaban J connectivity index is 1.90. The minimum atomic E-state index is -2.79. The summed E-state index contributed by atoms with van der Waals surface area (Å²) in [5.41, 5.74) is 0.990. The summed E-state index contributed by atoms with van der Waals surface area (Å²) in [4.78, 5) is 13.6. The Kier molecular flexibility index (Phi) is 4.77. The van der Waals surface area contributed by atoms with Gasteiger partial charge in [0, 0.05) is 20.0 Å². The number of alkyl halides is 2. The van der Waals surface area contributed by atoms with Crippen molar-refractivity contribution in [2.45, 2.75) is 24.8 Å². The molecule has 1 unspecified atom stereocenters. The Morgan fingerprint density at radius 2 is 2.19 bits per heavy atom. The molecule has 0 bridgehead atoms. The normalized spacial score (nSPS) is 20.3. The molecule has 0 spiro atoms. The third kappa shape index (κ3) is 3.91. The highest BCUT2D eigenvalue weighted by Gasteiger charge is 2.43. The van der Waals surface area contributed by atoms with E-state index in [0.717, 1.165) is 11.3 Å². The third-order valence-electron chi connectivity index (χ3n) is 3.69. The van der Waals surface area contributed by atoms with Gasteiger partial charge in [-0.2, -0.15) is 0 Å². The molecule has 1 aromatic rings.